The highest BCUT2D eigenvalue weighted by molar-refractivity contribution is 7.92. The Hall–Kier alpha value is -2.12. The molecule has 6 nitrogen and oxygen atoms in total. The fraction of sp³-hybridized carbons (Fsp3) is 0.0769. The van der Waals surface area contributed by atoms with Crippen molar-refractivity contribution in [3.05, 3.63) is 65.0 Å². The van der Waals surface area contributed by atoms with Crippen LogP contribution in [0, 0.1) is 5.21 Å². The van der Waals surface area contributed by atoms with Crippen LogP contribution < -0.4 is 4.73 Å². The summed E-state index contributed by atoms with van der Waals surface area (Å²) in [6.07, 6.45) is 1.06. The van der Waals surface area contributed by atoms with E-state index < -0.39 is 25.5 Å². The van der Waals surface area contributed by atoms with Crippen molar-refractivity contribution in [2.24, 2.45) is 0 Å². The number of hydrogen-bond donors (Lipinski definition) is 1. The largest absolute Gasteiger partial charge is 0.618 e. The third-order valence-electron chi connectivity index (χ3n) is 2.77. The van der Waals surface area contributed by atoms with Gasteiger partial charge < -0.3 is 10.3 Å². The summed E-state index contributed by atoms with van der Waals surface area (Å²) in [7, 11) is -4.09. The number of rotatable bonds is 4. The number of carbonyl (C=O) groups is 1. The zero-order valence-electron chi connectivity index (χ0n) is 10.5. The molecule has 1 unspecified atom stereocenters. The van der Waals surface area contributed by atoms with Gasteiger partial charge in [0.2, 0.25) is 0 Å². The molecule has 0 fully saturated rings. The van der Waals surface area contributed by atoms with E-state index in [1.54, 1.807) is 0 Å². The number of alkyl halides is 1. The third-order valence-corrected chi connectivity index (χ3v) is 5.44. The van der Waals surface area contributed by atoms with Crippen LogP contribution >= 0.6 is 11.6 Å². The van der Waals surface area contributed by atoms with E-state index in [0.717, 1.165) is 12.3 Å². The molecule has 2 rings (SSSR count). The van der Waals surface area contributed by atoms with Gasteiger partial charge in [-0.3, -0.25) is 0 Å². The van der Waals surface area contributed by atoms with Crippen LogP contribution in [0.2, 0.25) is 0 Å². The third kappa shape index (κ3) is 2.98. The summed E-state index contributed by atoms with van der Waals surface area (Å²) in [5, 5.41) is 19.9. The Labute approximate surface area is 125 Å². The van der Waals surface area contributed by atoms with Gasteiger partial charge in [-0.1, -0.05) is 23.7 Å². The van der Waals surface area contributed by atoms with Crippen molar-refractivity contribution in [3.63, 3.8) is 0 Å². The number of aromatic carboxylic acids is 1. The summed E-state index contributed by atoms with van der Waals surface area (Å²) in [4.78, 5) is 10.7. The standard InChI is InChI=1S/C13H10ClNO5S/c14-12(9-4-6-10(7-5-9)13(16)17)21(19,20)11-3-1-2-8-15(11)18/h1-8,12H,(H,16,17). The molecule has 0 saturated carbocycles. The van der Waals surface area contributed by atoms with E-state index in [4.69, 9.17) is 16.7 Å². The van der Waals surface area contributed by atoms with Crippen molar-refractivity contribution >= 4 is 27.4 Å². The van der Waals surface area contributed by atoms with Crippen molar-refractivity contribution in [1.29, 1.82) is 0 Å². The quantitative estimate of drug-likeness (QED) is 0.524. The van der Waals surface area contributed by atoms with Crippen LogP contribution in [0.5, 0.6) is 0 Å². The molecule has 1 aromatic heterocycles. The van der Waals surface area contributed by atoms with Crippen LogP contribution in [0.3, 0.4) is 0 Å². The van der Waals surface area contributed by atoms with Crippen LogP contribution in [0.1, 0.15) is 20.6 Å². The van der Waals surface area contributed by atoms with Crippen molar-refractivity contribution < 1.29 is 23.0 Å². The van der Waals surface area contributed by atoms with E-state index in [1.807, 2.05) is 0 Å². The van der Waals surface area contributed by atoms with Crippen LogP contribution in [0.4, 0.5) is 0 Å². The number of sulfone groups is 1. The van der Waals surface area contributed by atoms with Crippen molar-refractivity contribution in [1.82, 2.24) is 0 Å². The summed E-state index contributed by atoms with van der Waals surface area (Å²) in [6.45, 7) is 0. The molecule has 0 radical (unpaired) electrons. The molecule has 110 valence electrons. The number of carboxylic acids is 1. The maximum absolute atomic E-state index is 12.3. The lowest BCUT2D eigenvalue weighted by Crippen LogP contribution is -2.34. The van der Waals surface area contributed by atoms with Gasteiger partial charge in [0.15, 0.2) is 10.9 Å². The average Bonchev–Trinajstić information content (AvgIpc) is 2.46. The van der Waals surface area contributed by atoms with Crippen LogP contribution in [0.25, 0.3) is 0 Å². The molecule has 0 saturated heterocycles. The van der Waals surface area contributed by atoms with Gasteiger partial charge in [-0.25, -0.2) is 13.2 Å². The molecule has 1 N–H and O–H groups in total. The molecule has 0 bridgehead atoms. The monoisotopic (exact) mass is 327 g/mol. The van der Waals surface area contributed by atoms with Gasteiger partial charge in [0.05, 0.1) is 5.56 Å². The number of hydrogen-bond acceptors (Lipinski definition) is 4. The highest BCUT2D eigenvalue weighted by Gasteiger charge is 2.33. The first-order valence-corrected chi connectivity index (χ1v) is 7.71. The molecule has 21 heavy (non-hydrogen) atoms. The molecule has 0 amide bonds. The normalized spacial score (nSPS) is 12.8. The van der Waals surface area contributed by atoms with Crippen molar-refractivity contribution in [2.45, 2.75) is 9.74 Å². The zero-order valence-corrected chi connectivity index (χ0v) is 12.1. The lowest BCUT2D eigenvalue weighted by Gasteiger charge is -2.11. The first-order valence-electron chi connectivity index (χ1n) is 5.73. The fourth-order valence-corrected chi connectivity index (χ4v) is 3.42. The Morgan fingerprint density at radius 3 is 2.33 bits per heavy atom. The zero-order chi connectivity index (χ0) is 15.6. The van der Waals surface area contributed by atoms with Crippen LogP contribution in [-0.4, -0.2) is 19.5 Å². The number of benzene rings is 1. The van der Waals surface area contributed by atoms with Crippen molar-refractivity contribution in [2.75, 3.05) is 0 Å². The van der Waals surface area contributed by atoms with Crippen LogP contribution in [0.15, 0.2) is 53.7 Å². The maximum atomic E-state index is 12.3. The van der Waals surface area contributed by atoms with E-state index >= 15 is 0 Å². The Balaban J connectivity index is 2.41. The minimum absolute atomic E-state index is 0.0126. The van der Waals surface area contributed by atoms with E-state index in [-0.39, 0.29) is 15.9 Å². The summed E-state index contributed by atoms with van der Waals surface area (Å²) < 4.78 is 23.3. The first kappa shape index (κ1) is 15.3. The van der Waals surface area contributed by atoms with Crippen molar-refractivity contribution in [3.8, 4) is 0 Å². The predicted molar refractivity (Wildman–Crippen MR) is 74.6 cm³/mol. The molecular formula is C13H10ClNO5S. The Morgan fingerprint density at radius 2 is 1.81 bits per heavy atom. The summed E-state index contributed by atoms with van der Waals surface area (Å²) in [5.41, 5.74) is 0.198. The number of nitrogens with zero attached hydrogens (tertiary/aromatic N) is 1. The fourth-order valence-electron chi connectivity index (χ4n) is 1.70. The molecule has 0 spiro atoms. The molecule has 0 aliphatic carbocycles. The molecule has 8 heteroatoms. The Morgan fingerprint density at radius 1 is 1.19 bits per heavy atom. The maximum Gasteiger partial charge on any atom is 0.335 e. The minimum atomic E-state index is -4.09. The average molecular weight is 328 g/mol. The van der Waals surface area contributed by atoms with Gasteiger partial charge in [-0.15, -0.1) is 0 Å². The second-order valence-corrected chi connectivity index (χ2v) is 6.83. The molecule has 1 atom stereocenters. The number of carboxylic acid groups (broad SMARTS) is 1. The van der Waals surface area contributed by atoms with E-state index in [9.17, 15) is 18.4 Å². The number of aromatic nitrogens is 1. The summed E-state index contributed by atoms with van der Waals surface area (Å²) in [5.74, 6) is -1.13. The molecule has 0 aliphatic heterocycles. The molecule has 2 aromatic rings. The van der Waals surface area contributed by atoms with E-state index in [1.165, 1.54) is 36.4 Å². The van der Waals surface area contributed by atoms with Gasteiger partial charge in [0.1, 0.15) is 0 Å². The minimum Gasteiger partial charge on any atom is -0.618 e. The summed E-state index contributed by atoms with van der Waals surface area (Å²) >= 11 is 5.95. The smallest absolute Gasteiger partial charge is 0.335 e. The number of pyridine rings is 1. The topological polar surface area (TPSA) is 98.4 Å². The highest BCUT2D eigenvalue weighted by Crippen LogP contribution is 2.31. The Bertz CT molecular complexity index is 773. The van der Waals surface area contributed by atoms with E-state index in [0.29, 0.717) is 0 Å². The molecule has 1 heterocycles. The number of halogens is 1. The molecular weight excluding hydrogens is 318 g/mol. The van der Waals surface area contributed by atoms with Gasteiger partial charge in [0.25, 0.3) is 9.84 Å². The second-order valence-electron chi connectivity index (χ2n) is 4.15. The Kier molecular flexibility index (Phi) is 4.15. The predicted octanol–water partition coefficient (Wildman–Crippen LogP) is 1.73. The van der Waals surface area contributed by atoms with Crippen LogP contribution in [-0.2, 0) is 9.84 Å². The summed E-state index contributed by atoms with van der Waals surface area (Å²) in [6, 6.07) is 9.07. The molecule has 1 aromatic carbocycles. The lowest BCUT2D eigenvalue weighted by molar-refractivity contribution is -0.646. The van der Waals surface area contributed by atoms with Gasteiger partial charge in [0, 0.05) is 12.1 Å². The second kappa shape index (κ2) is 5.71. The van der Waals surface area contributed by atoms with Gasteiger partial charge in [-0.2, -0.15) is 4.73 Å². The van der Waals surface area contributed by atoms with Gasteiger partial charge in [-0.05, 0) is 23.8 Å². The SMILES string of the molecule is O=C(O)c1ccc(C(Cl)S(=O)(=O)c2cccc[n+]2[O-])cc1. The van der Waals surface area contributed by atoms with Gasteiger partial charge >= 0.3 is 11.0 Å². The van der Waals surface area contributed by atoms with E-state index in [2.05, 4.69) is 0 Å². The molecule has 0 aliphatic rings. The first-order chi connectivity index (χ1) is 9.84. The highest BCUT2D eigenvalue weighted by atomic mass is 35.5. The lowest BCUT2D eigenvalue weighted by atomic mass is 10.1.